The van der Waals surface area contributed by atoms with Gasteiger partial charge in [0.25, 0.3) is 0 Å². The number of fused-ring (bicyclic) bond motifs is 5. The van der Waals surface area contributed by atoms with Crippen molar-refractivity contribution in [2.45, 2.75) is 91.1 Å². The molecule has 0 radical (unpaired) electrons. The van der Waals surface area contributed by atoms with Crippen molar-refractivity contribution in [3.8, 4) is 0 Å². The molecule has 3 nitrogen and oxygen atoms in total. The fourth-order valence-electron chi connectivity index (χ4n) is 8.02. The summed E-state index contributed by atoms with van der Waals surface area (Å²) in [7, 11) is 0. The van der Waals surface area contributed by atoms with Crippen molar-refractivity contribution in [3.63, 3.8) is 0 Å². The van der Waals surface area contributed by atoms with Gasteiger partial charge in [0.15, 0.2) is 0 Å². The van der Waals surface area contributed by atoms with E-state index in [9.17, 15) is 9.90 Å². The Bertz CT molecular complexity index is 546. The Balaban J connectivity index is 1.55. The van der Waals surface area contributed by atoms with E-state index in [1.54, 1.807) is 0 Å². The Labute approximate surface area is 165 Å². The fraction of sp³-hybridized carbons (Fsp3) is 0.958. The van der Waals surface area contributed by atoms with E-state index in [-0.39, 0.29) is 17.3 Å². The number of ether oxygens (including phenoxy) is 1. The van der Waals surface area contributed by atoms with E-state index in [0.717, 1.165) is 48.9 Å². The van der Waals surface area contributed by atoms with Crippen LogP contribution in [0.4, 0.5) is 0 Å². The maximum Gasteiger partial charge on any atom is 0.311 e. The minimum absolute atomic E-state index is 0.107. The smallest absolute Gasteiger partial charge is 0.311 e. The molecule has 0 bridgehead atoms. The largest absolute Gasteiger partial charge is 0.466 e. The van der Waals surface area contributed by atoms with E-state index in [1.165, 1.54) is 44.9 Å². The van der Waals surface area contributed by atoms with Crippen LogP contribution < -0.4 is 0 Å². The van der Waals surface area contributed by atoms with Crippen LogP contribution in [-0.4, -0.2) is 23.8 Å². The number of aliphatic hydroxyl groups is 1. The minimum Gasteiger partial charge on any atom is -0.466 e. The lowest BCUT2D eigenvalue weighted by Gasteiger charge is -2.58. The summed E-state index contributed by atoms with van der Waals surface area (Å²) < 4.78 is 5.32. The van der Waals surface area contributed by atoms with E-state index in [1.807, 2.05) is 6.92 Å². The molecule has 27 heavy (non-hydrogen) atoms. The summed E-state index contributed by atoms with van der Waals surface area (Å²) >= 11 is 0. The number of esters is 1. The van der Waals surface area contributed by atoms with Crippen LogP contribution >= 0.6 is 0 Å². The molecule has 4 aliphatic rings. The van der Waals surface area contributed by atoms with Gasteiger partial charge in [0.05, 0.1) is 18.6 Å². The van der Waals surface area contributed by atoms with Crippen LogP contribution in [0.15, 0.2) is 0 Å². The van der Waals surface area contributed by atoms with Gasteiger partial charge in [-0.3, -0.25) is 4.79 Å². The Morgan fingerprint density at radius 2 is 1.81 bits per heavy atom. The molecular weight excluding hydrogens is 336 g/mol. The van der Waals surface area contributed by atoms with Crippen LogP contribution in [0.1, 0.15) is 85.0 Å². The van der Waals surface area contributed by atoms with Gasteiger partial charge in [-0.15, -0.1) is 0 Å². The second kappa shape index (κ2) is 7.69. The van der Waals surface area contributed by atoms with Gasteiger partial charge in [-0.05, 0) is 99.2 Å². The van der Waals surface area contributed by atoms with Gasteiger partial charge in [-0.25, -0.2) is 0 Å². The number of hydrogen-bond donors (Lipinski definition) is 1. The molecule has 4 fully saturated rings. The van der Waals surface area contributed by atoms with Crippen molar-refractivity contribution in [2.75, 3.05) is 6.61 Å². The maximum absolute atomic E-state index is 12.5. The molecule has 0 amide bonds. The average molecular weight is 377 g/mol. The fourth-order valence-corrected chi connectivity index (χ4v) is 8.02. The van der Waals surface area contributed by atoms with Gasteiger partial charge in [0, 0.05) is 0 Å². The molecule has 0 aromatic carbocycles. The zero-order chi connectivity index (χ0) is 19.2. The second-order valence-corrected chi connectivity index (χ2v) is 10.6. The molecule has 2 unspecified atom stereocenters. The van der Waals surface area contributed by atoms with Gasteiger partial charge < -0.3 is 9.84 Å². The Morgan fingerprint density at radius 3 is 2.59 bits per heavy atom. The van der Waals surface area contributed by atoms with Crippen molar-refractivity contribution in [1.29, 1.82) is 0 Å². The van der Waals surface area contributed by atoms with Gasteiger partial charge >= 0.3 is 5.97 Å². The molecule has 154 valence electrons. The molecule has 1 N–H and O–H groups in total. The summed E-state index contributed by atoms with van der Waals surface area (Å²) in [5.74, 6) is 4.57. The number of carbonyl (C=O) groups is 1. The minimum atomic E-state index is -0.533. The highest BCUT2D eigenvalue weighted by Gasteiger charge is 2.56. The number of rotatable bonds is 2. The third-order valence-corrected chi connectivity index (χ3v) is 9.33. The summed E-state index contributed by atoms with van der Waals surface area (Å²) in [6.07, 6.45) is 11.9. The lowest BCUT2D eigenvalue weighted by Crippen LogP contribution is -2.54. The van der Waals surface area contributed by atoms with Gasteiger partial charge in [0.2, 0.25) is 0 Å². The van der Waals surface area contributed by atoms with E-state index < -0.39 is 6.10 Å². The van der Waals surface area contributed by atoms with E-state index in [2.05, 4.69) is 13.8 Å². The zero-order valence-electron chi connectivity index (χ0n) is 17.7. The second-order valence-electron chi connectivity index (χ2n) is 10.6. The summed E-state index contributed by atoms with van der Waals surface area (Å²) in [4.78, 5) is 12.5. The van der Waals surface area contributed by atoms with Crippen LogP contribution in [0.25, 0.3) is 0 Å². The molecule has 4 aliphatic carbocycles. The monoisotopic (exact) mass is 376 g/mol. The topological polar surface area (TPSA) is 46.5 Å². The number of aliphatic hydroxyl groups excluding tert-OH is 1. The molecule has 0 aromatic heterocycles. The van der Waals surface area contributed by atoms with E-state index in [4.69, 9.17) is 4.74 Å². The first-order valence-corrected chi connectivity index (χ1v) is 11.8. The molecule has 0 spiro atoms. The van der Waals surface area contributed by atoms with Gasteiger partial charge in [-0.2, -0.15) is 0 Å². The molecule has 0 saturated heterocycles. The van der Waals surface area contributed by atoms with Crippen molar-refractivity contribution in [2.24, 2.45) is 46.8 Å². The lowest BCUT2D eigenvalue weighted by molar-refractivity contribution is -0.163. The molecule has 3 heteroatoms. The first-order chi connectivity index (χ1) is 13.0. The molecule has 4 rings (SSSR count). The standard InChI is InChI=1S/C24H40O3/c1-4-27-23(26)20-6-5-7-21-19-11-9-16-14-15(2)8-10-17(16)18(19)12-13-24(21,3)22(20)25/h15-22,25H,4-14H2,1-3H3/t15-,16-,17+,18-,19-,20?,21+,22?,24+/m1/s1. The van der Waals surface area contributed by atoms with Crippen LogP contribution in [0.3, 0.4) is 0 Å². The summed E-state index contributed by atoms with van der Waals surface area (Å²) in [6.45, 7) is 7.01. The molecule has 9 atom stereocenters. The van der Waals surface area contributed by atoms with Crippen LogP contribution in [0, 0.1) is 46.8 Å². The zero-order valence-corrected chi connectivity index (χ0v) is 17.7. The Hall–Kier alpha value is -0.570. The molecular formula is C24H40O3. The van der Waals surface area contributed by atoms with Crippen LogP contribution in [0.2, 0.25) is 0 Å². The molecule has 0 heterocycles. The van der Waals surface area contributed by atoms with E-state index in [0.29, 0.717) is 12.5 Å². The highest BCUT2D eigenvalue weighted by atomic mass is 16.5. The molecule has 4 saturated carbocycles. The predicted octanol–water partition coefficient (Wildman–Crippen LogP) is 5.21. The third-order valence-electron chi connectivity index (χ3n) is 9.33. The third kappa shape index (κ3) is 3.36. The van der Waals surface area contributed by atoms with Gasteiger partial charge in [0.1, 0.15) is 0 Å². The summed E-state index contributed by atoms with van der Waals surface area (Å²) in [5, 5.41) is 11.4. The maximum atomic E-state index is 12.5. The quantitative estimate of drug-likeness (QED) is 0.673. The highest BCUT2D eigenvalue weighted by molar-refractivity contribution is 5.73. The SMILES string of the molecule is CCOC(=O)C1CCC[C@H]2[C@@H]3CC[C@@H]4C[C@H](C)CC[C@@H]4[C@H]3CC[C@]2(C)C1O. The molecule has 0 aliphatic heterocycles. The lowest BCUT2D eigenvalue weighted by atomic mass is 9.48. The molecule has 0 aromatic rings. The average Bonchev–Trinajstić information content (AvgIpc) is 2.78. The Morgan fingerprint density at radius 1 is 1.04 bits per heavy atom. The summed E-state index contributed by atoms with van der Waals surface area (Å²) in [6, 6.07) is 0. The number of hydrogen-bond acceptors (Lipinski definition) is 3. The van der Waals surface area contributed by atoms with Crippen molar-refractivity contribution >= 4 is 5.97 Å². The van der Waals surface area contributed by atoms with Crippen molar-refractivity contribution in [1.82, 2.24) is 0 Å². The van der Waals surface area contributed by atoms with Crippen molar-refractivity contribution < 1.29 is 14.6 Å². The normalized spacial score (nSPS) is 49.9. The summed E-state index contributed by atoms with van der Waals surface area (Å²) in [5.41, 5.74) is -0.107. The first-order valence-electron chi connectivity index (χ1n) is 11.8. The predicted molar refractivity (Wildman–Crippen MR) is 107 cm³/mol. The van der Waals surface area contributed by atoms with Crippen molar-refractivity contribution in [3.05, 3.63) is 0 Å². The Kier molecular flexibility index (Phi) is 5.62. The van der Waals surface area contributed by atoms with Crippen LogP contribution in [0.5, 0.6) is 0 Å². The highest BCUT2D eigenvalue weighted by Crippen LogP contribution is 2.61. The first kappa shape index (κ1) is 19.7. The van der Waals surface area contributed by atoms with Gasteiger partial charge in [-0.1, -0.05) is 26.7 Å². The number of carbonyl (C=O) groups excluding carboxylic acids is 1. The van der Waals surface area contributed by atoms with E-state index >= 15 is 0 Å². The van der Waals surface area contributed by atoms with Crippen LogP contribution in [-0.2, 0) is 9.53 Å².